The van der Waals surface area contributed by atoms with Gasteiger partial charge in [0.2, 0.25) is 11.8 Å². The van der Waals surface area contributed by atoms with Gasteiger partial charge in [-0.2, -0.15) is 0 Å². The van der Waals surface area contributed by atoms with E-state index in [4.69, 9.17) is 5.73 Å². The van der Waals surface area contributed by atoms with Crippen molar-refractivity contribution in [1.29, 1.82) is 0 Å². The molecule has 0 spiro atoms. The molecule has 0 heterocycles. The van der Waals surface area contributed by atoms with Gasteiger partial charge in [0.25, 0.3) is 0 Å². The van der Waals surface area contributed by atoms with Crippen molar-refractivity contribution in [3.63, 3.8) is 0 Å². The molecule has 2 aromatic carbocycles. The highest BCUT2D eigenvalue weighted by atomic mass is 16.3. The van der Waals surface area contributed by atoms with Crippen molar-refractivity contribution < 1.29 is 14.7 Å². The highest BCUT2D eigenvalue weighted by molar-refractivity contribution is 5.87. The monoisotopic (exact) mass is 298 g/mol. The van der Waals surface area contributed by atoms with Gasteiger partial charge in [-0.25, -0.2) is 0 Å². The van der Waals surface area contributed by atoms with Gasteiger partial charge in [0.05, 0.1) is 0 Å². The Morgan fingerprint density at radius 3 is 2.32 bits per heavy atom. The van der Waals surface area contributed by atoms with E-state index in [0.717, 1.165) is 0 Å². The van der Waals surface area contributed by atoms with Gasteiger partial charge in [0.1, 0.15) is 11.8 Å². The number of para-hydroxylation sites is 1. The number of benzene rings is 2. The molecule has 0 fully saturated rings. The molecule has 4 N–H and O–H groups in total. The number of aryl methyl sites for hydroxylation is 1. The first kappa shape index (κ1) is 15.6. The maximum absolute atomic E-state index is 12.0. The summed E-state index contributed by atoms with van der Waals surface area (Å²) in [6, 6.07) is 14.8. The molecule has 2 amide bonds. The molecule has 1 atom stereocenters. The smallest absolute Gasteiger partial charge is 0.244 e. The van der Waals surface area contributed by atoms with Gasteiger partial charge in [-0.1, -0.05) is 48.5 Å². The highest BCUT2D eigenvalue weighted by Gasteiger charge is 2.19. The largest absolute Gasteiger partial charge is 0.508 e. The van der Waals surface area contributed by atoms with E-state index in [1.54, 1.807) is 48.5 Å². The van der Waals surface area contributed by atoms with Crippen molar-refractivity contribution in [3.8, 4) is 5.75 Å². The first-order valence-corrected chi connectivity index (χ1v) is 6.98. The number of hydrogen-bond donors (Lipinski definition) is 3. The second-order valence-corrected chi connectivity index (χ2v) is 4.94. The third kappa shape index (κ3) is 4.09. The molecular formula is C17H18N2O3. The van der Waals surface area contributed by atoms with E-state index in [1.165, 1.54) is 0 Å². The number of phenols is 1. The van der Waals surface area contributed by atoms with E-state index in [-0.39, 0.29) is 18.1 Å². The van der Waals surface area contributed by atoms with Crippen molar-refractivity contribution in [2.45, 2.75) is 18.9 Å². The Balaban J connectivity index is 1.98. The maximum atomic E-state index is 12.0. The highest BCUT2D eigenvalue weighted by Crippen LogP contribution is 2.18. The quantitative estimate of drug-likeness (QED) is 0.757. The Morgan fingerprint density at radius 1 is 1.05 bits per heavy atom. The minimum absolute atomic E-state index is 0.157. The summed E-state index contributed by atoms with van der Waals surface area (Å²) in [6.45, 7) is 0. The zero-order valence-electron chi connectivity index (χ0n) is 12.0. The number of phenolic OH excluding ortho intramolecular Hbond substituents is 1. The molecule has 5 heteroatoms. The van der Waals surface area contributed by atoms with Crippen molar-refractivity contribution in [2.75, 3.05) is 0 Å². The van der Waals surface area contributed by atoms with E-state index < -0.39 is 11.9 Å². The minimum Gasteiger partial charge on any atom is -0.508 e. The van der Waals surface area contributed by atoms with Crippen LogP contribution in [0.4, 0.5) is 0 Å². The summed E-state index contributed by atoms with van der Waals surface area (Å²) in [5.41, 5.74) is 6.69. The van der Waals surface area contributed by atoms with E-state index in [0.29, 0.717) is 17.5 Å². The molecule has 0 aromatic heterocycles. The number of nitrogens with two attached hydrogens (primary N) is 1. The number of carbonyl (C=O) groups is 2. The first-order chi connectivity index (χ1) is 10.6. The molecule has 0 radical (unpaired) electrons. The lowest BCUT2D eigenvalue weighted by molar-refractivity contribution is -0.127. The molecule has 1 unspecified atom stereocenters. The van der Waals surface area contributed by atoms with Gasteiger partial charge in [0.15, 0.2) is 0 Å². The Kier molecular flexibility index (Phi) is 5.14. The number of primary amides is 1. The van der Waals surface area contributed by atoms with Crippen LogP contribution >= 0.6 is 0 Å². The van der Waals surface area contributed by atoms with Crippen LogP contribution in [0.1, 0.15) is 23.6 Å². The predicted molar refractivity (Wildman–Crippen MR) is 82.9 cm³/mol. The molecule has 5 nitrogen and oxygen atoms in total. The molecule has 0 aliphatic carbocycles. The molecule has 0 saturated heterocycles. The number of carbonyl (C=O) groups excluding carboxylic acids is 2. The SMILES string of the molecule is NC(=O)C(NC(=O)CCc1ccccc1O)c1ccccc1. The maximum Gasteiger partial charge on any atom is 0.244 e. The third-order valence-corrected chi connectivity index (χ3v) is 3.34. The van der Waals surface area contributed by atoms with Gasteiger partial charge in [0, 0.05) is 6.42 Å². The molecule has 0 aliphatic heterocycles. The summed E-state index contributed by atoms with van der Waals surface area (Å²) in [6.07, 6.45) is 0.549. The molecule has 0 aliphatic rings. The van der Waals surface area contributed by atoms with E-state index in [2.05, 4.69) is 5.32 Å². The number of nitrogens with one attached hydrogen (secondary N) is 1. The number of rotatable bonds is 6. The van der Waals surface area contributed by atoms with Crippen LogP contribution in [-0.4, -0.2) is 16.9 Å². The molecular weight excluding hydrogens is 280 g/mol. The third-order valence-electron chi connectivity index (χ3n) is 3.34. The summed E-state index contributed by atoms with van der Waals surface area (Å²) < 4.78 is 0. The fourth-order valence-electron chi connectivity index (χ4n) is 2.17. The van der Waals surface area contributed by atoms with Crippen LogP contribution in [0.2, 0.25) is 0 Å². The second kappa shape index (κ2) is 7.26. The van der Waals surface area contributed by atoms with Gasteiger partial charge in [-0.15, -0.1) is 0 Å². The van der Waals surface area contributed by atoms with Crippen molar-refractivity contribution in [2.24, 2.45) is 5.73 Å². The van der Waals surface area contributed by atoms with Crippen LogP contribution in [0.3, 0.4) is 0 Å². The summed E-state index contributed by atoms with van der Waals surface area (Å²) in [4.78, 5) is 23.5. The first-order valence-electron chi connectivity index (χ1n) is 6.98. The van der Waals surface area contributed by atoms with E-state index in [1.807, 2.05) is 6.07 Å². The molecule has 2 aromatic rings. The molecule has 22 heavy (non-hydrogen) atoms. The summed E-state index contributed by atoms with van der Waals surface area (Å²) in [5.74, 6) is -0.747. The van der Waals surface area contributed by atoms with Crippen LogP contribution < -0.4 is 11.1 Å². The molecule has 114 valence electrons. The minimum atomic E-state index is -0.849. The van der Waals surface area contributed by atoms with Gasteiger partial charge < -0.3 is 16.2 Å². The number of hydrogen-bond acceptors (Lipinski definition) is 3. The van der Waals surface area contributed by atoms with Crippen LogP contribution in [0.15, 0.2) is 54.6 Å². The fraction of sp³-hybridized carbons (Fsp3) is 0.176. The summed E-state index contributed by atoms with van der Waals surface area (Å²) >= 11 is 0. The Morgan fingerprint density at radius 2 is 1.68 bits per heavy atom. The number of amides is 2. The Hall–Kier alpha value is -2.82. The average molecular weight is 298 g/mol. The van der Waals surface area contributed by atoms with Crippen molar-refractivity contribution >= 4 is 11.8 Å². The Bertz CT molecular complexity index is 656. The van der Waals surface area contributed by atoms with Gasteiger partial charge in [-0.05, 0) is 23.6 Å². The zero-order valence-corrected chi connectivity index (χ0v) is 12.0. The van der Waals surface area contributed by atoms with Crippen LogP contribution in [0, 0.1) is 0 Å². The van der Waals surface area contributed by atoms with E-state index >= 15 is 0 Å². The standard InChI is InChI=1S/C17H18N2O3/c18-17(22)16(13-7-2-1-3-8-13)19-15(21)11-10-12-6-4-5-9-14(12)20/h1-9,16,20H,10-11H2,(H2,18,22)(H,19,21). The van der Waals surface area contributed by atoms with Gasteiger partial charge >= 0.3 is 0 Å². The van der Waals surface area contributed by atoms with Crippen LogP contribution in [0.5, 0.6) is 5.75 Å². The lowest BCUT2D eigenvalue weighted by atomic mass is 10.1. The average Bonchev–Trinajstić information content (AvgIpc) is 2.52. The normalized spacial score (nSPS) is 11.6. The molecule has 0 saturated carbocycles. The lowest BCUT2D eigenvalue weighted by Gasteiger charge is -2.16. The topological polar surface area (TPSA) is 92.4 Å². The predicted octanol–water partition coefficient (Wildman–Crippen LogP) is 1.67. The van der Waals surface area contributed by atoms with Crippen LogP contribution in [0.25, 0.3) is 0 Å². The Labute approximate surface area is 128 Å². The zero-order chi connectivity index (χ0) is 15.9. The van der Waals surface area contributed by atoms with E-state index in [9.17, 15) is 14.7 Å². The summed E-state index contributed by atoms with van der Waals surface area (Å²) in [7, 11) is 0. The van der Waals surface area contributed by atoms with Crippen molar-refractivity contribution in [1.82, 2.24) is 5.32 Å². The molecule has 0 bridgehead atoms. The molecule has 2 rings (SSSR count). The fourth-order valence-corrected chi connectivity index (χ4v) is 2.17. The van der Waals surface area contributed by atoms with Crippen molar-refractivity contribution in [3.05, 3.63) is 65.7 Å². The number of aromatic hydroxyl groups is 1. The lowest BCUT2D eigenvalue weighted by Crippen LogP contribution is -2.37. The second-order valence-electron chi connectivity index (χ2n) is 4.94. The van der Waals surface area contributed by atoms with Gasteiger partial charge in [-0.3, -0.25) is 9.59 Å². The summed E-state index contributed by atoms with van der Waals surface area (Å²) in [5, 5.41) is 12.3. The van der Waals surface area contributed by atoms with Crippen LogP contribution in [-0.2, 0) is 16.0 Å².